The summed E-state index contributed by atoms with van der Waals surface area (Å²) in [7, 11) is 0. The van der Waals surface area contributed by atoms with Crippen molar-refractivity contribution in [1.82, 2.24) is 0 Å². The number of rotatable bonds is 5. The lowest BCUT2D eigenvalue weighted by Gasteiger charge is -2.05. The zero-order chi connectivity index (χ0) is 14.7. The van der Waals surface area contributed by atoms with Crippen LogP contribution in [0.2, 0.25) is 0 Å². The van der Waals surface area contributed by atoms with Crippen LogP contribution in [-0.4, -0.2) is 6.61 Å². The Morgan fingerprint density at radius 3 is 2.32 bits per heavy atom. The van der Waals surface area contributed by atoms with E-state index in [0.717, 1.165) is 11.3 Å². The van der Waals surface area contributed by atoms with E-state index in [1.54, 1.807) is 12.2 Å². The first-order valence-electron chi connectivity index (χ1n) is 6.26. The molecule has 0 spiro atoms. The van der Waals surface area contributed by atoms with Gasteiger partial charge < -0.3 is 4.74 Å². The molecule has 1 aromatic carbocycles. The van der Waals surface area contributed by atoms with Crippen molar-refractivity contribution in [2.75, 3.05) is 6.61 Å². The van der Waals surface area contributed by atoms with Crippen LogP contribution >= 0.6 is 0 Å². The average Bonchev–Trinajstić information content (AvgIpc) is 2.46. The Kier molecular flexibility index (Phi) is 8.57. The molecular weight excluding hydrogens is 234 g/mol. The van der Waals surface area contributed by atoms with Gasteiger partial charge in [0.05, 0.1) is 6.07 Å². The van der Waals surface area contributed by atoms with Gasteiger partial charge in [0.2, 0.25) is 0 Å². The van der Waals surface area contributed by atoms with E-state index in [4.69, 9.17) is 10.00 Å². The van der Waals surface area contributed by atoms with E-state index in [1.807, 2.05) is 51.1 Å². The van der Waals surface area contributed by atoms with Crippen molar-refractivity contribution in [3.63, 3.8) is 0 Å². The lowest BCUT2D eigenvalue weighted by Crippen LogP contribution is -1.98. The Labute approximate surface area is 116 Å². The average molecular weight is 255 g/mol. The lowest BCUT2D eigenvalue weighted by molar-refractivity contribution is 0.356. The molecule has 0 saturated heterocycles. The third-order valence-electron chi connectivity index (χ3n) is 2.11. The first-order chi connectivity index (χ1) is 9.11. The second-order valence-electron chi connectivity index (χ2n) is 3.73. The van der Waals surface area contributed by atoms with Crippen LogP contribution in [0.5, 0.6) is 5.75 Å². The van der Waals surface area contributed by atoms with Gasteiger partial charge in [0.25, 0.3) is 0 Å². The molecule has 2 heteroatoms. The molecule has 0 N–H and O–H groups in total. The summed E-state index contributed by atoms with van der Waals surface area (Å²) in [4.78, 5) is 0. The Hall–Kier alpha value is -2.27. The molecule has 0 radical (unpaired) electrons. The quantitative estimate of drug-likeness (QED) is 0.569. The normalized spacial score (nSPS) is 9.16. The Morgan fingerprint density at radius 2 is 1.79 bits per heavy atom. The van der Waals surface area contributed by atoms with E-state index in [9.17, 15) is 0 Å². The van der Waals surface area contributed by atoms with Crippen LogP contribution in [0.1, 0.15) is 19.4 Å². The Morgan fingerprint density at radius 1 is 1.21 bits per heavy atom. The van der Waals surface area contributed by atoms with E-state index in [1.165, 1.54) is 5.56 Å². The topological polar surface area (TPSA) is 33.0 Å². The van der Waals surface area contributed by atoms with Gasteiger partial charge in [-0.2, -0.15) is 5.26 Å². The van der Waals surface area contributed by atoms with Gasteiger partial charge in [-0.15, -0.1) is 0 Å². The van der Waals surface area contributed by atoms with E-state index >= 15 is 0 Å². The zero-order valence-electron chi connectivity index (χ0n) is 11.9. The molecule has 100 valence electrons. The van der Waals surface area contributed by atoms with Crippen molar-refractivity contribution in [2.45, 2.75) is 20.8 Å². The fraction of sp³-hybridized carbons (Fsp3) is 0.235. The summed E-state index contributed by atoms with van der Waals surface area (Å²) in [6, 6.07) is 9.75. The summed E-state index contributed by atoms with van der Waals surface area (Å²) in [5.41, 5.74) is 2.39. The maximum Gasteiger partial charge on any atom is 0.119 e. The highest BCUT2D eigenvalue weighted by molar-refractivity contribution is 5.34. The van der Waals surface area contributed by atoms with Gasteiger partial charge in [0.15, 0.2) is 0 Å². The first kappa shape index (κ1) is 16.7. The number of nitrogens with zero attached hydrogens (tertiary/aromatic N) is 1. The molecule has 1 rings (SSSR count). The maximum atomic E-state index is 8.52. The highest BCUT2D eigenvalue weighted by Crippen LogP contribution is 2.12. The monoisotopic (exact) mass is 255 g/mol. The Bertz CT molecular complexity index is 475. The fourth-order valence-corrected chi connectivity index (χ4v) is 1.11. The molecule has 0 aliphatic heterocycles. The van der Waals surface area contributed by atoms with Crippen LogP contribution in [0, 0.1) is 18.3 Å². The summed E-state index contributed by atoms with van der Waals surface area (Å²) in [6.45, 7) is 13.8. The number of benzene rings is 1. The van der Waals surface area contributed by atoms with E-state index in [0.29, 0.717) is 12.2 Å². The van der Waals surface area contributed by atoms with Crippen LogP contribution in [0.4, 0.5) is 0 Å². The van der Waals surface area contributed by atoms with Crippen LogP contribution in [-0.2, 0) is 0 Å². The van der Waals surface area contributed by atoms with Gasteiger partial charge in [0, 0.05) is 5.57 Å². The number of hydrogen-bond donors (Lipinski definition) is 0. The van der Waals surface area contributed by atoms with E-state index in [-0.39, 0.29) is 0 Å². The van der Waals surface area contributed by atoms with E-state index in [2.05, 4.69) is 13.2 Å². The zero-order valence-corrected chi connectivity index (χ0v) is 11.9. The standard InChI is InChI=1S/C15H15NO.C2H6/c1-12-6-8-15(9-7-12)17-11-14(3)5-4-13(2)10-16;1-2/h4-9H,2-3,11H2,1H3;1-2H3/b5-4-;. The van der Waals surface area contributed by atoms with Crippen molar-refractivity contribution >= 4 is 0 Å². The van der Waals surface area contributed by atoms with Crippen molar-refractivity contribution in [1.29, 1.82) is 5.26 Å². The van der Waals surface area contributed by atoms with Crippen molar-refractivity contribution in [3.8, 4) is 11.8 Å². The van der Waals surface area contributed by atoms with Crippen LogP contribution < -0.4 is 4.74 Å². The van der Waals surface area contributed by atoms with Gasteiger partial charge in [-0.3, -0.25) is 0 Å². The summed E-state index contributed by atoms with van der Waals surface area (Å²) in [6.07, 6.45) is 3.36. The molecule has 19 heavy (non-hydrogen) atoms. The number of allylic oxidation sites excluding steroid dienone is 2. The minimum atomic E-state index is 0.401. The molecule has 0 atom stereocenters. The second-order valence-corrected chi connectivity index (χ2v) is 3.73. The predicted molar refractivity (Wildman–Crippen MR) is 81.1 cm³/mol. The summed E-state index contributed by atoms with van der Waals surface area (Å²) in [5.74, 6) is 0.809. The Balaban J connectivity index is 0.00000154. The third-order valence-corrected chi connectivity index (χ3v) is 2.11. The molecule has 0 fully saturated rings. The first-order valence-corrected chi connectivity index (χ1v) is 6.26. The van der Waals surface area contributed by atoms with Crippen LogP contribution in [0.15, 0.2) is 60.7 Å². The molecule has 0 aliphatic rings. The molecule has 0 heterocycles. The molecular formula is C17H21NO. The highest BCUT2D eigenvalue weighted by Gasteiger charge is 1.94. The predicted octanol–water partition coefficient (Wildman–Crippen LogP) is 4.59. The largest absolute Gasteiger partial charge is 0.489 e. The minimum absolute atomic E-state index is 0.401. The van der Waals surface area contributed by atoms with Gasteiger partial charge in [0.1, 0.15) is 12.4 Å². The SMILES string of the molecule is C=C(C#N)/C=C\C(=C)COc1ccc(C)cc1.CC. The van der Waals surface area contributed by atoms with Crippen molar-refractivity contribution < 1.29 is 4.74 Å². The number of nitriles is 1. The van der Waals surface area contributed by atoms with Gasteiger partial charge >= 0.3 is 0 Å². The van der Waals surface area contributed by atoms with E-state index < -0.39 is 0 Å². The van der Waals surface area contributed by atoms with Gasteiger partial charge in [-0.1, -0.05) is 50.8 Å². The summed E-state index contributed by atoms with van der Waals surface area (Å²) < 4.78 is 5.53. The molecule has 0 aromatic heterocycles. The summed E-state index contributed by atoms with van der Waals surface area (Å²) in [5, 5.41) is 8.52. The number of ether oxygens (including phenoxy) is 1. The number of aryl methyl sites for hydroxylation is 1. The van der Waals surface area contributed by atoms with Crippen molar-refractivity contribution in [2.24, 2.45) is 0 Å². The highest BCUT2D eigenvalue weighted by atomic mass is 16.5. The molecule has 0 bridgehead atoms. The number of hydrogen-bond acceptors (Lipinski definition) is 2. The summed E-state index contributed by atoms with van der Waals surface area (Å²) >= 11 is 0. The smallest absolute Gasteiger partial charge is 0.119 e. The third kappa shape index (κ3) is 7.62. The van der Waals surface area contributed by atoms with Crippen LogP contribution in [0.25, 0.3) is 0 Å². The molecule has 0 amide bonds. The minimum Gasteiger partial charge on any atom is -0.489 e. The van der Waals surface area contributed by atoms with Gasteiger partial charge in [-0.25, -0.2) is 0 Å². The van der Waals surface area contributed by atoms with Crippen LogP contribution in [0.3, 0.4) is 0 Å². The van der Waals surface area contributed by atoms with Gasteiger partial charge in [-0.05, 0) is 30.7 Å². The maximum absolute atomic E-state index is 8.52. The molecule has 0 unspecified atom stereocenters. The lowest BCUT2D eigenvalue weighted by atomic mass is 10.2. The molecule has 2 nitrogen and oxygen atoms in total. The second kappa shape index (κ2) is 9.73. The molecule has 0 aliphatic carbocycles. The fourth-order valence-electron chi connectivity index (χ4n) is 1.11. The molecule has 0 saturated carbocycles. The van der Waals surface area contributed by atoms with Crippen molar-refractivity contribution in [3.05, 3.63) is 66.3 Å². The molecule has 1 aromatic rings.